The zero-order valence-corrected chi connectivity index (χ0v) is 27.0. The van der Waals surface area contributed by atoms with Gasteiger partial charge in [0.2, 0.25) is 12.5 Å². The number of rotatable bonds is 9. The summed E-state index contributed by atoms with van der Waals surface area (Å²) in [6, 6.07) is 6.89. The van der Waals surface area contributed by atoms with E-state index in [2.05, 4.69) is 0 Å². The van der Waals surface area contributed by atoms with Crippen LogP contribution in [0.1, 0.15) is 42.1 Å². The Balaban J connectivity index is 1.25. The van der Waals surface area contributed by atoms with Crippen LogP contribution in [0, 0.1) is 11.8 Å². The molecule has 4 aliphatic heterocycles. The number of aliphatic hydroxyl groups excluding tert-OH is 3. The predicted octanol–water partition coefficient (Wildman–Crippen LogP) is 1.53. The van der Waals surface area contributed by atoms with Gasteiger partial charge in [-0.3, -0.25) is 4.79 Å². The third kappa shape index (κ3) is 6.33. The molecule has 3 fully saturated rings. The zero-order chi connectivity index (χ0) is 34.4. The van der Waals surface area contributed by atoms with Gasteiger partial charge in [-0.05, 0) is 47.9 Å². The van der Waals surface area contributed by atoms with Gasteiger partial charge in [0.25, 0.3) is 0 Å². The van der Waals surface area contributed by atoms with Gasteiger partial charge in [-0.15, -0.1) is 0 Å². The van der Waals surface area contributed by atoms with Crippen LogP contribution in [-0.4, -0.2) is 112 Å². The second kappa shape index (κ2) is 13.8. The van der Waals surface area contributed by atoms with E-state index in [1.165, 1.54) is 14.2 Å². The van der Waals surface area contributed by atoms with E-state index >= 15 is 0 Å². The molecule has 1 aliphatic carbocycles. The lowest BCUT2D eigenvalue weighted by Gasteiger charge is -2.45. The van der Waals surface area contributed by atoms with Crippen molar-refractivity contribution in [2.45, 2.75) is 62.4 Å². The lowest BCUT2D eigenvalue weighted by atomic mass is 9.66. The Morgan fingerprint density at radius 2 is 1.71 bits per heavy atom. The molecule has 5 aliphatic rings. The first-order valence-corrected chi connectivity index (χ1v) is 15.9. The summed E-state index contributed by atoms with van der Waals surface area (Å²) in [6.07, 6.45) is -6.29. The molecule has 3 unspecified atom stereocenters. The van der Waals surface area contributed by atoms with E-state index in [4.69, 9.17) is 57.2 Å². The van der Waals surface area contributed by atoms with Crippen LogP contribution in [0.25, 0.3) is 0 Å². The molecule has 10 atom stereocenters. The molecule has 0 amide bonds. The molecular formula is C33H38O16. The van der Waals surface area contributed by atoms with Gasteiger partial charge in [0.05, 0.1) is 52.2 Å². The van der Waals surface area contributed by atoms with Crippen LogP contribution >= 0.6 is 0 Å². The normalized spacial score (nSPS) is 31.9. The van der Waals surface area contributed by atoms with Gasteiger partial charge >= 0.3 is 12.1 Å². The highest BCUT2D eigenvalue weighted by molar-refractivity contribution is 5.79. The summed E-state index contributed by atoms with van der Waals surface area (Å²) in [5.74, 6) is -1.20. The number of aliphatic hydroxyl groups is 3. The van der Waals surface area contributed by atoms with Crippen molar-refractivity contribution < 1.29 is 77.0 Å². The summed E-state index contributed by atoms with van der Waals surface area (Å²) in [7, 11) is 2.75. The van der Waals surface area contributed by atoms with Crippen LogP contribution in [0.15, 0.2) is 24.3 Å². The molecule has 266 valence electrons. The van der Waals surface area contributed by atoms with Gasteiger partial charge < -0.3 is 67.4 Å². The van der Waals surface area contributed by atoms with E-state index in [1.54, 1.807) is 19.1 Å². The van der Waals surface area contributed by atoms with E-state index in [0.717, 1.165) is 0 Å². The molecular weight excluding hydrogens is 652 g/mol. The van der Waals surface area contributed by atoms with Crippen LogP contribution in [0.4, 0.5) is 4.79 Å². The third-order valence-electron chi connectivity index (χ3n) is 9.40. The quantitative estimate of drug-likeness (QED) is 0.253. The average molecular weight is 691 g/mol. The fraction of sp³-hybridized carbons (Fsp3) is 0.576. The molecule has 0 aromatic heterocycles. The number of esters is 1. The topological polar surface area (TPSA) is 196 Å². The van der Waals surface area contributed by atoms with Gasteiger partial charge in [-0.25, -0.2) is 4.79 Å². The van der Waals surface area contributed by atoms with Gasteiger partial charge in [-0.1, -0.05) is 0 Å². The first kappa shape index (κ1) is 33.6. The molecule has 0 radical (unpaired) electrons. The number of ether oxygens (including phenoxy) is 11. The lowest BCUT2D eigenvalue weighted by molar-refractivity contribution is -0.338. The fourth-order valence-electron chi connectivity index (χ4n) is 7.16. The van der Waals surface area contributed by atoms with Gasteiger partial charge in [0.15, 0.2) is 35.6 Å². The van der Waals surface area contributed by atoms with Crippen molar-refractivity contribution in [1.82, 2.24) is 0 Å². The Morgan fingerprint density at radius 3 is 2.41 bits per heavy atom. The highest BCUT2D eigenvalue weighted by Crippen LogP contribution is 2.57. The molecule has 49 heavy (non-hydrogen) atoms. The number of carbonyl (C=O) groups excluding carboxylic acids is 2. The summed E-state index contributed by atoms with van der Waals surface area (Å²) in [6.45, 7) is 0.967. The first-order valence-electron chi connectivity index (χ1n) is 15.9. The molecule has 0 bridgehead atoms. The van der Waals surface area contributed by atoms with E-state index in [9.17, 15) is 19.8 Å². The van der Waals surface area contributed by atoms with Crippen molar-refractivity contribution in [3.63, 3.8) is 0 Å². The first-order chi connectivity index (χ1) is 23.7. The van der Waals surface area contributed by atoms with Gasteiger partial charge in [0, 0.05) is 18.3 Å². The molecule has 3 N–H and O–H groups in total. The molecule has 16 heteroatoms. The fourth-order valence-corrected chi connectivity index (χ4v) is 7.16. The summed E-state index contributed by atoms with van der Waals surface area (Å²) in [4.78, 5) is 26.0. The van der Waals surface area contributed by atoms with Crippen LogP contribution < -0.4 is 23.7 Å². The largest absolute Gasteiger partial charge is 0.514 e. The second-order valence-electron chi connectivity index (χ2n) is 12.4. The second-order valence-corrected chi connectivity index (χ2v) is 12.4. The molecule has 4 heterocycles. The maximum absolute atomic E-state index is 13.6. The molecule has 16 nitrogen and oxygen atoms in total. The van der Waals surface area contributed by atoms with E-state index in [1.807, 2.05) is 12.1 Å². The number of cyclic esters (lactones) is 1. The van der Waals surface area contributed by atoms with Crippen LogP contribution in [-0.2, 0) is 33.2 Å². The van der Waals surface area contributed by atoms with Crippen molar-refractivity contribution in [1.29, 1.82) is 0 Å². The minimum Gasteiger partial charge on any atom is -0.493 e. The Bertz CT molecular complexity index is 1540. The number of benzene rings is 2. The number of hydrogen-bond acceptors (Lipinski definition) is 16. The van der Waals surface area contributed by atoms with Crippen molar-refractivity contribution in [3.05, 3.63) is 41.0 Å². The molecule has 2 aromatic carbocycles. The lowest BCUT2D eigenvalue weighted by Crippen LogP contribution is -2.56. The van der Waals surface area contributed by atoms with Crippen molar-refractivity contribution in [2.24, 2.45) is 11.8 Å². The minimum absolute atomic E-state index is 0.0157. The Labute approximate surface area is 280 Å². The summed E-state index contributed by atoms with van der Waals surface area (Å²) in [5, 5.41) is 29.5. The maximum atomic E-state index is 13.6. The monoisotopic (exact) mass is 690 g/mol. The molecule has 0 saturated carbocycles. The number of carbonyl (C=O) groups is 2. The average Bonchev–Trinajstić information content (AvgIpc) is 3.72. The molecule has 0 spiro atoms. The SMILES string of the molecule is COc1cc([C@@H]2c3cc4c(cc3C(O[C@H]3C[C@@H](O)[C@@H]5O[C@H](C)OC[C@H]5O3)C3COC(=O)[C@@H]32)OCO4)cc(OC)c1OC(=O)OCC(O)CO. The van der Waals surface area contributed by atoms with Crippen LogP contribution in [0.3, 0.4) is 0 Å². The molecule has 2 aromatic rings. The van der Waals surface area contributed by atoms with E-state index < -0.39 is 86.2 Å². The highest BCUT2D eigenvalue weighted by atomic mass is 16.8. The molecule has 7 rings (SSSR count). The van der Waals surface area contributed by atoms with E-state index in [-0.39, 0.29) is 43.7 Å². The zero-order valence-electron chi connectivity index (χ0n) is 27.0. The Kier molecular flexibility index (Phi) is 9.45. The summed E-state index contributed by atoms with van der Waals surface area (Å²) >= 11 is 0. The summed E-state index contributed by atoms with van der Waals surface area (Å²) < 4.78 is 62.8. The number of hydrogen-bond donors (Lipinski definition) is 3. The Morgan fingerprint density at radius 1 is 1.00 bits per heavy atom. The minimum atomic E-state index is -1.28. The maximum Gasteiger partial charge on any atom is 0.514 e. The standard InChI is InChI=1S/C33H38O16/c1-14-41-12-25-30(46-14)20(36)8-26(47-25)48-29-18-7-22-21(44-13-45-22)6-17(18)27(28-19(29)11-42-32(28)37)15-4-23(39-2)31(24(5-15)40-3)49-33(38)43-10-16(35)9-34/h4-7,14,16,19-20,25-30,34-36H,8-13H2,1-3H3/t14-,16?,19?,20-,25-,26+,27-,28+,29?,30+/m1/s1. The summed E-state index contributed by atoms with van der Waals surface area (Å²) in [5.41, 5.74) is 1.98. The van der Waals surface area contributed by atoms with Crippen LogP contribution in [0.2, 0.25) is 0 Å². The van der Waals surface area contributed by atoms with Gasteiger partial charge in [-0.2, -0.15) is 0 Å². The smallest absolute Gasteiger partial charge is 0.493 e. The molecule has 3 saturated heterocycles. The van der Waals surface area contributed by atoms with Crippen molar-refractivity contribution in [2.75, 3.05) is 47.4 Å². The van der Waals surface area contributed by atoms with E-state index in [0.29, 0.717) is 28.2 Å². The predicted molar refractivity (Wildman–Crippen MR) is 160 cm³/mol. The number of methoxy groups -OCH3 is 2. The van der Waals surface area contributed by atoms with Crippen molar-refractivity contribution in [3.8, 4) is 28.7 Å². The Hall–Kier alpha value is -3.90. The number of fused-ring (bicyclic) bond motifs is 4. The third-order valence-corrected chi connectivity index (χ3v) is 9.40. The van der Waals surface area contributed by atoms with Gasteiger partial charge in [0.1, 0.15) is 24.9 Å². The highest BCUT2D eigenvalue weighted by Gasteiger charge is 2.54. The van der Waals surface area contributed by atoms with Crippen molar-refractivity contribution >= 4 is 12.1 Å². The van der Waals surface area contributed by atoms with Crippen LogP contribution in [0.5, 0.6) is 28.7 Å².